The Balaban J connectivity index is 1.84. The first kappa shape index (κ1) is 14.2. The summed E-state index contributed by atoms with van der Waals surface area (Å²) in [7, 11) is 0. The molecule has 2 aliphatic heterocycles. The monoisotopic (exact) mass is 288 g/mol. The zero-order chi connectivity index (χ0) is 15.0. The van der Waals surface area contributed by atoms with Crippen LogP contribution in [0, 0.1) is 0 Å². The van der Waals surface area contributed by atoms with Gasteiger partial charge in [0.05, 0.1) is 11.4 Å². The molecule has 1 aromatic carbocycles. The first-order valence-corrected chi connectivity index (χ1v) is 7.82. The van der Waals surface area contributed by atoms with Crippen LogP contribution in [0.5, 0.6) is 0 Å². The van der Waals surface area contributed by atoms with E-state index in [4.69, 9.17) is 5.73 Å². The predicted molar refractivity (Wildman–Crippen MR) is 86.0 cm³/mol. The molecular weight excluding hydrogens is 264 g/mol. The van der Waals surface area contributed by atoms with E-state index in [0.717, 1.165) is 23.4 Å². The van der Waals surface area contributed by atoms with Crippen molar-refractivity contribution in [3.8, 4) is 0 Å². The van der Waals surface area contributed by atoms with Crippen molar-refractivity contribution in [2.24, 2.45) is 0 Å². The number of carbonyl (C=O) groups is 1. The topological polar surface area (TPSA) is 70.4 Å². The SMILES string of the molecule is CC1CCCC(C)N1Nc1cc2c(cc1N)NC(=O)CC2. The van der Waals surface area contributed by atoms with Gasteiger partial charge in [-0.15, -0.1) is 0 Å². The van der Waals surface area contributed by atoms with Crippen molar-refractivity contribution in [3.05, 3.63) is 17.7 Å². The van der Waals surface area contributed by atoms with E-state index < -0.39 is 0 Å². The van der Waals surface area contributed by atoms with Gasteiger partial charge in [-0.3, -0.25) is 4.79 Å². The number of rotatable bonds is 2. The number of amides is 1. The van der Waals surface area contributed by atoms with Gasteiger partial charge in [0.15, 0.2) is 0 Å². The van der Waals surface area contributed by atoms with Crippen molar-refractivity contribution in [2.75, 3.05) is 16.5 Å². The lowest BCUT2D eigenvalue weighted by molar-refractivity contribution is -0.116. The third-order valence-corrected chi connectivity index (χ3v) is 4.61. The summed E-state index contributed by atoms with van der Waals surface area (Å²) in [4.78, 5) is 11.4. The summed E-state index contributed by atoms with van der Waals surface area (Å²) < 4.78 is 0. The molecule has 2 atom stereocenters. The van der Waals surface area contributed by atoms with Crippen LogP contribution < -0.4 is 16.5 Å². The van der Waals surface area contributed by atoms with Crippen LogP contribution >= 0.6 is 0 Å². The maximum atomic E-state index is 11.4. The minimum absolute atomic E-state index is 0.0703. The van der Waals surface area contributed by atoms with Gasteiger partial charge in [0.2, 0.25) is 5.91 Å². The number of carbonyl (C=O) groups excluding carboxylic acids is 1. The molecule has 4 N–H and O–H groups in total. The molecular formula is C16H24N4O. The zero-order valence-corrected chi connectivity index (χ0v) is 12.8. The molecule has 114 valence electrons. The normalized spacial score (nSPS) is 26.1. The van der Waals surface area contributed by atoms with Gasteiger partial charge >= 0.3 is 0 Å². The van der Waals surface area contributed by atoms with Crippen LogP contribution in [0.1, 0.15) is 45.1 Å². The van der Waals surface area contributed by atoms with Crippen molar-refractivity contribution in [1.29, 1.82) is 0 Å². The lowest BCUT2D eigenvalue weighted by Gasteiger charge is -2.40. The first-order valence-electron chi connectivity index (χ1n) is 7.82. The Hall–Kier alpha value is -1.75. The highest BCUT2D eigenvalue weighted by Crippen LogP contribution is 2.32. The fourth-order valence-electron chi connectivity index (χ4n) is 3.32. The number of nitrogens with two attached hydrogens (primary N) is 1. The minimum atomic E-state index is 0.0703. The molecule has 1 aromatic rings. The Morgan fingerprint density at radius 1 is 1.24 bits per heavy atom. The Labute approximate surface area is 125 Å². The third kappa shape index (κ3) is 2.83. The van der Waals surface area contributed by atoms with Gasteiger partial charge in [-0.25, -0.2) is 5.01 Å². The average molecular weight is 288 g/mol. The largest absolute Gasteiger partial charge is 0.397 e. The minimum Gasteiger partial charge on any atom is -0.397 e. The Morgan fingerprint density at radius 3 is 2.67 bits per heavy atom. The molecule has 2 aliphatic rings. The maximum Gasteiger partial charge on any atom is 0.224 e. The molecule has 1 fully saturated rings. The average Bonchev–Trinajstić information content (AvgIpc) is 2.43. The molecule has 0 bridgehead atoms. The lowest BCUT2D eigenvalue weighted by atomic mass is 9.99. The highest BCUT2D eigenvalue weighted by Gasteiger charge is 2.25. The number of nitrogens with one attached hydrogen (secondary N) is 2. The Kier molecular flexibility index (Phi) is 3.76. The Morgan fingerprint density at radius 2 is 1.95 bits per heavy atom. The molecule has 0 aromatic heterocycles. The van der Waals surface area contributed by atoms with Crippen LogP contribution in [0.15, 0.2) is 12.1 Å². The second-order valence-electron chi connectivity index (χ2n) is 6.29. The van der Waals surface area contributed by atoms with Crippen molar-refractivity contribution in [2.45, 2.75) is 58.0 Å². The molecule has 1 saturated heterocycles. The summed E-state index contributed by atoms with van der Waals surface area (Å²) in [6.07, 6.45) is 5.02. The highest BCUT2D eigenvalue weighted by molar-refractivity contribution is 5.95. The molecule has 3 rings (SSSR count). The smallest absolute Gasteiger partial charge is 0.224 e. The van der Waals surface area contributed by atoms with Gasteiger partial charge in [-0.1, -0.05) is 6.42 Å². The van der Waals surface area contributed by atoms with Crippen molar-refractivity contribution in [1.82, 2.24) is 5.01 Å². The van der Waals surface area contributed by atoms with E-state index in [9.17, 15) is 4.79 Å². The summed E-state index contributed by atoms with van der Waals surface area (Å²) in [5, 5.41) is 5.20. The molecule has 0 spiro atoms. The summed E-state index contributed by atoms with van der Waals surface area (Å²) in [6, 6.07) is 4.96. The number of benzene rings is 1. The van der Waals surface area contributed by atoms with Crippen LogP contribution in [0.25, 0.3) is 0 Å². The van der Waals surface area contributed by atoms with E-state index in [2.05, 4.69) is 35.7 Å². The van der Waals surface area contributed by atoms with Gasteiger partial charge in [-0.05, 0) is 50.8 Å². The number of hydrogen-bond acceptors (Lipinski definition) is 4. The van der Waals surface area contributed by atoms with E-state index in [1.54, 1.807) is 0 Å². The molecule has 0 aliphatic carbocycles. The van der Waals surface area contributed by atoms with Crippen LogP contribution in [0.2, 0.25) is 0 Å². The van der Waals surface area contributed by atoms with Crippen LogP contribution in [0.4, 0.5) is 17.1 Å². The zero-order valence-electron chi connectivity index (χ0n) is 12.8. The van der Waals surface area contributed by atoms with E-state index in [-0.39, 0.29) is 5.91 Å². The number of aryl methyl sites for hydroxylation is 1. The quantitative estimate of drug-likeness (QED) is 0.732. The van der Waals surface area contributed by atoms with Gasteiger partial charge in [0.25, 0.3) is 0 Å². The molecule has 0 radical (unpaired) electrons. The number of anilines is 3. The van der Waals surface area contributed by atoms with Crippen LogP contribution in [0.3, 0.4) is 0 Å². The lowest BCUT2D eigenvalue weighted by Crippen LogP contribution is -2.47. The number of piperidine rings is 1. The van der Waals surface area contributed by atoms with Crippen molar-refractivity contribution in [3.63, 3.8) is 0 Å². The molecule has 5 nitrogen and oxygen atoms in total. The highest BCUT2D eigenvalue weighted by atomic mass is 16.1. The molecule has 2 unspecified atom stereocenters. The van der Waals surface area contributed by atoms with E-state index in [1.165, 1.54) is 19.3 Å². The molecule has 21 heavy (non-hydrogen) atoms. The number of hydrazine groups is 1. The summed E-state index contributed by atoms with van der Waals surface area (Å²) in [6.45, 7) is 4.49. The standard InChI is InChI=1S/C16H24N4O/c1-10-4-3-5-11(2)20(10)19-15-8-12-6-7-16(21)18-14(12)9-13(15)17/h8-11,19H,3-7,17H2,1-2H3,(H,18,21). The molecule has 1 amide bonds. The molecule has 0 saturated carbocycles. The second kappa shape index (κ2) is 5.56. The fraction of sp³-hybridized carbons (Fsp3) is 0.562. The number of nitrogen functional groups attached to an aromatic ring is 1. The van der Waals surface area contributed by atoms with Gasteiger partial charge in [0.1, 0.15) is 0 Å². The second-order valence-corrected chi connectivity index (χ2v) is 6.29. The first-order chi connectivity index (χ1) is 10.0. The fourth-order valence-corrected chi connectivity index (χ4v) is 3.32. The van der Waals surface area contributed by atoms with Crippen LogP contribution in [-0.2, 0) is 11.2 Å². The van der Waals surface area contributed by atoms with E-state index >= 15 is 0 Å². The summed E-state index contributed by atoms with van der Waals surface area (Å²) in [5.74, 6) is 0.0703. The van der Waals surface area contributed by atoms with Gasteiger partial charge in [-0.2, -0.15) is 0 Å². The third-order valence-electron chi connectivity index (χ3n) is 4.61. The van der Waals surface area contributed by atoms with Crippen molar-refractivity contribution < 1.29 is 4.79 Å². The molecule has 5 heteroatoms. The van der Waals surface area contributed by atoms with Crippen LogP contribution in [-0.4, -0.2) is 23.0 Å². The Bertz CT molecular complexity index is 547. The molecule has 2 heterocycles. The maximum absolute atomic E-state index is 11.4. The van der Waals surface area contributed by atoms with Gasteiger partial charge in [0, 0.05) is 24.2 Å². The number of fused-ring (bicyclic) bond motifs is 1. The summed E-state index contributed by atoms with van der Waals surface area (Å²) >= 11 is 0. The predicted octanol–water partition coefficient (Wildman–Crippen LogP) is 2.74. The van der Waals surface area contributed by atoms with E-state index in [1.807, 2.05) is 6.07 Å². The van der Waals surface area contributed by atoms with Gasteiger partial charge < -0.3 is 16.5 Å². The number of nitrogens with zero attached hydrogens (tertiary/aromatic N) is 1. The number of hydrogen-bond donors (Lipinski definition) is 3. The summed E-state index contributed by atoms with van der Waals surface area (Å²) in [5.41, 5.74) is 13.3. The van der Waals surface area contributed by atoms with Crippen molar-refractivity contribution >= 4 is 23.0 Å². The van der Waals surface area contributed by atoms with E-state index in [0.29, 0.717) is 24.2 Å².